The maximum absolute atomic E-state index is 4.48. The maximum atomic E-state index is 4.48. The van der Waals surface area contributed by atoms with Crippen molar-refractivity contribution in [1.82, 2.24) is 35.3 Å². The fourth-order valence-electron chi connectivity index (χ4n) is 1.71. The van der Waals surface area contributed by atoms with Crippen molar-refractivity contribution >= 4 is 0 Å². The Morgan fingerprint density at radius 1 is 1.26 bits per heavy atom. The van der Waals surface area contributed by atoms with Gasteiger partial charge in [-0.25, -0.2) is 0 Å². The molecular weight excluding hydrogens is 242 g/mol. The minimum Gasteiger partial charge on any atom is -0.308 e. The van der Waals surface area contributed by atoms with Gasteiger partial charge in [0, 0.05) is 23.8 Å². The van der Waals surface area contributed by atoms with Gasteiger partial charge in [0.25, 0.3) is 0 Å². The lowest BCUT2D eigenvalue weighted by molar-refractivity contribution is 0.423. The van der Waals surface area contributed by atoms with Crippen LogP contribution in [0.4, 0.5) is 0 Å². The van der Waals surface area contributed by atoms with Gasteiger partial charge in [0.2, 0.25) is 0 Å². The van der Waals surface area contributed by atoms with Gasteiger partial charge >= 0.3 is 0 Å². The van der Waals surface area contributed by atoms with E-state index in [9.17, 15) is 0 Å². The molecule has 0 aliphatic rings. The largest absolute Gasteiger partial charge is 0.308 e. The summed E-state index contributed by atoms with van der Waals surface area (Å²) in [6.45, 7) is 9.82. The summed E-state index contributed by atoms with van der Waals surface area (Å²) < 4.78 is 1.85. The SMILES string of the molecule is Cc1nn(Cc2nnn(C)n2)cc1CNC(C)(C)C. The number of aryl methyl sites for hydroxylation is 2. The van der Waals surface area contributed by atoms with Crippen molar-refractivity contribution < 1.29 is 0 Å². The molecule has 0 bridgehead atoms. The fourth-order valence-corrected chi connectivity index (χ4v) is 1.71. The summed E-state index contributed by atoms with van der Waals surface area (Å²) in [4.78, 5) is 1.45. The molecule has 1 N–H and O–H groups in total. The van der Waals surface area contributed by atoms with Gasteiger partial charge in [-0.15, -0.1) is 10.2 Å². The van der Waals surface area contributed by atoms with E-state index in [1.165, 1.54) is 10.4 Å². The van der Waals surface area contributed by atoms with E-state index in [-0.39, 0.29) is 5.54 Å². The lowest BCUT2D eigenvalue weighted by atomic mass is 10.1. The predicted octanol–water partition coefficient (Wildman–Crippen LogP) is 0.651. The Hall–Kier alpha value is -1.76. The zero-order valence-electron chi connectivity index (χ0n) is 12.2. The lowest BCUT2D eigenvalue weighted by Gasteiger charge is -2.20. The molecule has 0 fully saturated rings. The molecule has 2 aromatic heterocycles. The molecule has 2 aromatic rings. The van der Waals surface area contributed by atoms with Crippen molar-refractivity contribution in [1.29, 1.82) is 0 Å². The van der Waals surface area contributed by atoms with Gasteiger partial charge in [-0.05, 0) is 32.9 Å². The van der Waals surface area contributed by atoms with Gasteiger partial charge < -0.3 is 5.32 Å². The zero-order chi connectivity index (χ0) is 14.0. The van der Waals surface area contributed by atoms with Gasteiger partial charge in [-0.1, -0.05) is 0 Å². The highest BCUT2D eigenvalue weighted by atomic mass is 15.6. The number of hydrogen-bond donors (Lipinski definition) is 1. The number of rotatable bonds is 4. The van der Waals surface area contributed by atoms with Gasteiger partial charge in [0.05, 0.1) is 12.7 Å². The molecule has 2 heterocycles. The number of nitrogens with one attached hydrogen (secondary N) is 1. The Kier molecular flexibility index (Phi) is 3.66. The van der Waals surface area contributed by atoms with Crippen LogP contribution in [0.3, 0.4) is 0 Å². The molecule has 104 valence electrons. The van der Waals surface area contributed by atoms with Crippen LogP contribution in [0, 0.1) is 6.92 Å². The van der Waals surface area contributed by atoms with Crippen molar-refractivity contribution in [3.63, 3.8) is 0 Å². The third-order valence-corrected chi connectivity index (χ3v) is 2.71. The first-order chi connectivity index (χ1) is 8.83. The van der Waals surface area contributed by atoms with Crippen LogP contribution in [-0.2, 0) is 20.1 Å². The van der Waals surface area contributed by atoms with Crippen LogP contribution >= 0.6 is 0 Å². The number of hydrogen-bond acceptors (Lipinski definition) is 5. The second-order valence-corrected chi connectivity index (χ2v) is 5.74. The molecule has 0 amide bonds. The van der Waals surface area contributed by atoms with E-state index in [0.717, 1.165) is 12.2 Å². The first-order valence-corrected chi connectivity index (χ1v) is 6.34. The molecule has 0 saturated carbocycles. The Morgan fingerprint density at radius 3 is 2.58 bits per heavy atom. The third kappa shape index (κ3) is 3.85. The van der Waals surface area contributed by atoms with Crippen molar-refractivity contribution in [2.24, 2.45) is 7.05 Å². The van der Waals surface area contributed by atoms with E-state index in [1.54, 1.807) is 7.05 Å². The Morgan fingerprint density at radius 2 is 2.00 bits per heavy atom. The Bertz CT molecular complexity index is 547. The molecule has 0 aliphatic carbocycles. The van der Waals surface area contributed by atoms with Crippen LogP contribution in [0.15, 0.2) is 6.20 Å². The van der Waals surface area contributed by atoms with E-state index < -0.39 is 0 Å². The van der Waals surface area contributed by atoms with Crippen LogP contribution in [0.5, 0.6) is 0 Å². The van der Waals surface area contributed by atoms with Crippen LogP contribution in [-0.4, -0.2) is 35.5 Å². The smallest absolute Gasteiger partial charge is 0.196 e. The summed E-state index contributed by atoms with van der Waals surface area (Å²) in [6.07, 6.45) is 2.03. The summed E-state index contributed by atoms with van der Waals surface area (Å²) in [7, 11) is 1.75. The third-order valence-electron chi connectivity index (χ3n) is 2.71. The van der Waals surface area contributed by atoms with Crippen LogP contribution in [0.1, 0.15) is 37.9 Å². The highest BCUT2D eigenvalue weighted by Gasteiger charge is 2.12. The summed E-state index contributed by atoms with van der Waals surface area (Å²) >= 11 is 0. The minimum absolute atomic E-state index is 0.0982. The van der Waals surface area contributed by atoms with Gasteiger partial charge in [0.1, 0.15) is 6.54 Å². The summed E-state index contributed by atoms with van der Waals surface area (Å²) in [6, 6.07) is 0. The Labute approximate surface area is 113 Å². The van der Waals surface area contributed by atoms with Gasteiger partial charge in [-0.3, -0.25) is 4.68 Å². The van der Waals surface area contributed by atoms with Gasteiger partial charge in [-0.2, -0.15) is 9.90 Å². The molecule has 0 spiro atoms. The summed E-state index contributed by atoms with van der Waals surface area (Å²) in [5.74, 6) is 0.667. The van der Waals surface area contributed by atoms with E-state index in [4.69, 9.17) is 0 Å². The average molecular weight is 263 g/mol. The fraction of sp³-hybridized carbons (Fsp3) is 0.667. The quantitative estimate of drug-likeness (QED) is 0.877. The van der Waals surface area contributed by atoms with Crippen molar-refractivity contribution in [3.8, 4) is 0 Å². The number of nitrogens with zero attached hydrogens (tertiary/aromatic N) is 6. The number of aromatic nitrogens is 6. The van der Waals surface area contributed by atoms with E-state index in [2.05, 4.69) is 46.6 Å². The second-order valence-electron chi connectivity index (χ2n) is 5.74. The standard InChI is InChI=1S/C12H21N7/c1-9-10(6-13-12(2,3)4)7-19(15-9)8-11-14-17-18(5)16-11/h7,13H,6,8H2,1-5H3. The van der Waals surface area contributed by atoms with Crippen LogP contribution in [0.25, 0.3) is 0 Å². The molecule has 0 radical (unpaired) electrons. The van der Waals surface area contributed by atoms with E-state index in [0.29, 0.717) is 12.4 Å². The highest BCUT2D eigenvalue weighted by Crippen LogP contribution is 2.09. The van der Waals surface area contributed by atoms with Crippen molar-refractivity contribution in [2.45, 2.75) is 46.3 Å². The highest BCUT2D eigenvalue weighted by molar-refractivity contribution is 5.15. The second kappa shape index (κ2) is 5.08. The van der Waals surface area contributed by atoms with Gasteiger partial charge in [0.15, 0.2) is 5.82 Å². The van der Waals surface area contributed by atoms with E-state index in [1.807, 2.05) is 17.8 Å². The molecule has 2 rings (SSSR count). The molecule has 0 atom stereocenters. The molecule has 0 aromatic carbocycles. The van der Waals surface area contributed by atoms with Crippen LogP contribution < -0.4 is 5.32 Å². The number of tetrazole rings is 1. The van der Waals surface area contributed by atoms with E-state index >= 15 is 0 Å². The molecular formula is C12H21N7. The summed E-state index contributed by atoms with van der Waals surface area (Å²) in [5.41, 5.74) is 2.32. The minimum atomic E-state index is 0.0982. The van der Waals surface area contributed by atoms with Crippen molar-refractivity contribution in [3.05, 3.63) is 23.3 Å². The topological polar surface area (TPSA) is 73.5 Å². The monoisotopic (exact) mass is 263 g/mol. The average Bonchev–Trinajstić information content (AvgIpc) is 2.82. The van der Waals surface area contributed by atoms with Crippen molar-refractivity contribution in [2.75, 3.05) is 0 Å². The zero-order valence-corrected chi connectivity index (χ0v) is 12.2. The molecule has 7 heteroatoms. The molecule has 0 aliphatic heterocycles. The Balaban J connectivity index is 2.04. The molecule has 0 saturated heterocycles. The molecule has 7 nitrogen and oxygen atoms in total. The summed E-state index contributed by atoms with van der Waals surface area (Å²) in [5, 5.41) is 19.9. The maximum Gasteiger partial charge on any atom is 0.196 e. The predicted molar refractivity (Wildman–Crippen MR) is 71.5 cm³/mol. The normalized spacial score (nSPS) is 12.1. The first-order valence-electron chi connectivity index (χ1n) is 6.34. The molecule has 19 heavy (non-hydrogen) atoms. The van der Waals surface area contributed by atoms with Crippen LogP contribution in [0.2, 0.25) is 0 Å². The lowest BCUT2D eigenvalue weighted by Crippen LogP contribution is -2.35. The first kappa shape index (κ1) is 13.7. The molecule has 0 unspecified atom stereocenters.